The molecule has 62 valence electrons. The molecule has 2 nitrogen and oxygen atoms in total. The summed E-state index contributed by atoms with van der Waals surface area (Å²) in [5.41, 5.74) is 1.61. The van der Waals surface area contributed by atoms with Gasteiger partial charge in [-0.2, -0.15) is 0 Å². The highest BCUT2D eigenvalue weighted by molar-refractivity contribution is 6.45. The molecule has 1 N–H and O–H groups in total. The van der Waals surface area contributed by atoms with Crippen molar-refractivity contribution < 1.29 is 9.60 Å². The number of anilines is 1. The summed E-state index contributed by atoms with van der Waals surface area (Å²) in [6, 6.07) is 4.45. The quantitative estimate of drug-likeness (QED) is 0.588. The molecule has 1 aromatic carbocycles. The van der Waals surface area contributed by atoms with Crippen molar-refractivity contribution in [3.05, 3.63) is 29.6 Å². The Morgan fingerprint density at radius 1 is 1.58 bits per heavy atom. The normalized spacial score (nSPS) is 20.6. The van der Waals surface area contributed by atoms with Crippen LogP contribution in [0.15, 0.2) is 18.2 Å². The minimum atomic E-state index is -0.240. The van der Waals surface area contributed by atoms with Gasteiger partial charge in [0.1, 0.15) is 5.82 Å². The zero-order chi connectivity index (χ0) is 8.72. The maximum atomic E-state index is 12.8. The second-order valence-electron chi connectivity index (χ2n) is 3.19. The molecule has 1 aliphatic rings. The van der Waals surface area contributed by atoms with E-state index in [9.17, 15) is 9.60 Å². The summed E-state index contributed by atoms with van der Waals surface area (Å²) in [5.74, 6) is -0.0309. The lowest BCUT2D eigenvalue weighted by Gasteiger charge is -2.08. The van der Waals surface area contributed by atoms with E-state index in [1.807, 2.05) is 6.92 Å². The number of nitrogens with zero attached hydrogens (tertiary/aromatic N) is 1. The van der Waals surface area contributed by atoms with Gasteiger partial charge in [-0.05, 0) is 29.6 Å². The summed E-state index contributed by atoms with van der Waals surface area (Å²) >= 11 is 0. The third-order valence-corrected chi connectivity index (χ3v) is 2.25. The van der Waals surface area contributed by atoms with Gasteiger partial charge in [0, 0.05) is 0 Å². The summed E-state index contributed by atoms with van der Waals surface area (Å²) in [5, 5.41) is 9.35. The minimum Gasteiger partial charge on any atom is -0.307 e. The van der Waals surface area contributed by atoms with Crippen molar-refractivity contribution in [1.29, 1.82) is 0 Å². The first-order chi connectivity index (χ1) is 5.68. The van der Waals surface area contributed by atoms with E-state index >= 15 is 0 Å². The van der Waals surface area contributed by atoms with Crippen LogP contribution >= 0.6 is 0 Å². The molecule has 0 unspecified atom stereocenters. The Morgan fingerprint density at radius 2 is 2.33 bits per heavy atom. The van der Waals surface area contributed by atoms with Crippen molar-refractivity contribution >= 4 is 13.1 Å². The summed E-state index contributed by atoms with van der Waals surface area (Å²) in [7, 11) is 0.554. The van der Waals surface area contributed by atoms with Crippen molar-refractivity contribution in [2.45, 2.75) is 12.7 Å². The lowest BCUT2D eigenvalue weighted by atomic mass is 9.77. The SMILES string of the molecule is C[C@H]1BN(O)c2ccc(F)cc21. The van der Waals surface area contributed by atoms with Crippen LogP contribution in [0.5, 0.6) is 0 Å². The zero-order valence-electron chi connectivity index (χ0n) is 6.79. The van der Waals surface area contributed by atoms with E-state index in [-0.39, 0.29) is 11.6 Å². The van der Waals surface area contributed by atoms with Gasteiger partial charge in [0.05, 0.1) is 5.69 Å². The van der Waals surface area contributed by atoms with Crippen molar-refractivity contribution in [3.8, 4) is 0 Å². The van der Waals surface area contributed by atoms with Crippen LogP contribution < -0.4 is 4.97 Å². The van der Waals surface area contributed by atoms with Crippen LogP contribution in [0.4, 0.5) is 10.1 Å². The van der Waals surface area contributed by atoms with Gasteiger partial charge in [0.15, 0.2) is 0 Å². The van der Waals surface area contributed by atoms with Crippen LogP contribution in [-0.2, 0) is 0 Å². The highest BCUT2D eigenvalue weighted by Crippen LogP contribution is 2.33. The molecule has 0 bridgehead atoms. The number of rotatable bonds is 0. The molecule has 0 aromatic heterocycles. The Balaban J connectivity index is 2.53. The van der Waals surface area contributed by atoms with Crippen LogP contribution in [0.2, 0.25) is 0 Å². The maximum Gasteiger partial charge on any atom is 0.280 e. The summed E-state index contributed by atoms with van der Waals surface area (Å²) in [6.45, 7) is 1.97. The Labute approximate surface area is 70.8 Å². The van der Waals surface area contributed by atoms with Crippen molar-refractivity contribution in [2.75, 3.05) is 4.97 Å². The van der Waals surface area contributed by atoms with E-state index < -0.39 is 0 Å². The van der Waals surface area contributed by atoms with E-state index in [4.69, 9.17) is 0 Å². The fourth-order valence-corrected chi connectivity index (χ4v) is 1.61. The molecular formula is C8H9BFNO. The lowest BCUT2D eigenvalue weighted by molar-refractivity contribution is 0.324. The molecule has 0 aliphatic carbocycles. The predicted molar refractivity (Wildman–Crippen MR) is 46.2 cm³/mol. The molecule has 0 saturated heterocycles. The molecule has 0 spiro atoms. The van der Waals surface area contributed by atoms with Gasteiger partial charge in [0.2, 0.25) is 0 Å². The largest absolute Gasteiger partial charge is 0.307 e. The molecule has 1 heterocycles. The standard InChI is InChI=1S/C8H9BFNO/c1-5-7-4-6(10)2-3-8(7)11(12)9-5/h2-5,9,12H,1H3/t5-/m1/s1. The smallest absolute Gasteiger partial charge is 0.280 e. The van der Waals surface area contributed by atoms with Gasteiger partial charge in [-0.25, -0.2) is 4.39 Å². The lowest BCUT2D eigenvalue weighted by Crippen LogP contribution is -2.19. The van der Waals surface area contributed by atoms with E-state index in [1.165, 1.54) is 17.1 Å². The van der Waals surface area contributed by atoms with Gasteiger partial charge in [-0.3, -0.25) is 0 Å². The minimum absolute atomic E-state index is 0.209. The van der Waals surface area contributed by atoms with Crippen molar-refractivity contribution in [3.63, 3.8) is 0 Å². The van der Waals surface area contributed by atoms with Crippen LogP contribution in [-0.4, -0.2) is 12.6 Å². The number of benzene rings is 1. The molecular weight excluding hydrogens is 156 g/mol. The average Bonchev–Trinajstić information content (AvgIpc) is 2.28. The number of hydrogen-bond donors (Lipinski definition) is 1. The van der Waals surface area contributed by atoms with Crippen molar-refractivity contribution in [1.82, 2.24) is 0 Å². The molecule has 12 heavy (non-hydrogen) atoms. The van der Waals surface area contributed by atoms with Crippen LogP contribution in [0.3, 0.4) is 0 Å². The van der Waals surface area contributed by atoms with Crippen LogP contribution in [0.25, 0.3) is 0 Å². The molecule has 1 aromatic rings. The van der Waals surface area contributed by atoms with Crippen LogP contribution in [0.1, 0.15) is 18.3 Å². The zero-order valence-corrected chi connectivity index (χ0v) is 6.79. The summed E-state index contributed by atoms with van der Waals surface area (Å²) < 4.78 is 12.8. The van der Waals surface area contributed by atoms with Gasteiger partial charge in [-0.1, -0.05) is 6.92 Å². The molecule has 2 rings (SSSR count). The van der Waals surface area contributed by atoms with Gasteiger partial charge < -0.3 is 10.2 Å². The first-order valence-electron chi connectivity index (χ1n) is 3.94. The van der Waals surface area contributed by atoms with Crippen LogP contribution in [0, 0.1) is 5.82 Å². The first kappa shape index (κ1) is 7.62. The third kappa shape index (κ3) is 0.993. The fraction of sp³-hybridized carbons (Fsp3) is 0.250. The Kier molecular flexibility index (Phi) is 1.58. The Hall–Kier alpha value is -1.03. The molecule has 0 saturated carbocycles. The third-order valence-electron chi connectivity index (χ3n) is 2.25. The second-order valence-corrected chi connectivity index (χ2v) is 3.19. The van der Waals surface area contributed by atoms with Crippen molar-refractivity contribution in [2.24, 2.45) is 0 Å². The molecule has 0 amide bonds. The number of hydrogen-bond acceptors (Lipinski definition) is 2. The van der Waals surface area contributed by atoms with E-state index in [1.54, 1.807) is 6.07 Å². The monoisotopic (exact) mass is 165 g/mol. The molecule has 4 heteroatoms. The molecule has 1 atom stereocenters. The summed E-state index contributed by atoms with van der Waals surface area (Å²) in [6.07, 6.45) is 0. The second kappa shape index (κ2) is 2.49. The van der Waals surface area contributed by atoms with E-state index in [0.29, 0.717) is 7.41 Å². The average molecular weight is 165 g/mol. The van der Waals surface area contributed by atoms with E-state index in [2.05, 4.69) is 0 Å². The topological polar surface area (TPSA) is 23.5 Å². The Morgan fingerprint density at radius 3 is 3.08 bits per heavy atom. The van der Waals surface area contributed by atoms with E-state index in [0.717, 1.165) is 11.3 Å². The number of halogens is 1. The molecule has 1 aliphatic heterocycles. The molecule has 0 fully saturated rings. The molecule has 0 radical (unpaired) electrons. The summed E-state index contributed by atoms with van der Waals surface area (Å²) in [4.78, 5) is 1.17. The first-order valence-corrected chi connectivity index (χ1v) is 3.94. The Bertz CT molecular complexity index is 318. The highest BCUT2D eigenvalue weighted by atomic mass is 19.1. The van der Waals surface area contributed by atoms with Gasteiger partial charge in [-0.15, -0.1) is 0 Å². The van der Waals surface area contributed by atoms with Gasteiger partial charge >= 0.3 is 0 Å². The fourth-order valence-electron chi connectivity index (χ4n) is 1.61. The maximum absolute atomic E-state index is 12.8. The number of fused-ring (bicyclic) bond motifs is 1. The predicted octanol–water partition coefficient (Wildman–Crippen LogP) is 1.45. The van der Waals surface area contributed by atoms with Gasteiger partial charge in [0.25, 0.3) is 7.41 Å². The highest BCUT2D eigenvalue weighted by Gasteiger charge is 2.26.